The molecule has 5 nitrogen and oxygen atoms in total. The third-order valence-corrected chi connectivity index (χ3v) is 6.22. The molecule has 2 aromatic carbocycles. The topological polar surface area (TPSA) is 63.7 Å². The second-order valence-electron chi connectivity index (χ2n) is 6.64. The molecule has 0 spiro atoms. The molecule has 2 rings (SSSR count). The van der Waals surface area contributed by atoms with Crippen molar-refractivity contribution < 1.29 is 26.7 Å². The van der Waals surface area contributed by atoms with Crippen molar-refractivity contribution in [2.45, 2.75) is 44.6 Å². The van der Waals surface area contributed by atoms with E-state index in [0.717, 1.165) is 6.07 Å². The zero-order chi connectivity index (χ0) is 21.4. The first kappa shape index (κ1) is 23.0. The van der Waals surface area contributed by atoms with Gasteiger partial charge in [-0.3, -0.25) is 4.79 Å². The van der Waals surface area contributed by atoms with Crippen molar-refractivity contribution in [3.63, 3.8) is 0 Å². The molecular weight excluding hydrogens is 400 g/mol. The molecule has 0 radical (unpaired) electrons. The number of nitrogens with zero attached hydrogens (tertiary/aromatic N) is 1. The lowest BCUT2D eigenvalue weighted by Gasteiger charge is -2.23. The van der Waals surface area contributed by atoms with E-state index in [1.54, 1.807) is 6.92 Å². The van der Waals surface area contributed by atoms with Crippen LogP contribution in [0.2, 0.25) is 0 Å². The smallest absolute Gasteiger partial charge is 0.305 e. The maximum absolute atomic E-state index is 13.6. The Morgan fingerprint density at radius 2 is 1.76 bits per heavy atom. The van der Waals surface area contributed by atoms with Crippen LogP contribution < -0.4 is 0 Å². The fraction of sp³-hybridized carbons (Fsp3) is 0.381. The molecule has 0 saturated carbocycles. The first-order valence-corrected chi connectivity index (χ1v) is 10.8. The Morgan fingerprint density at radius 3 is 2.38 bits per heavy atom. The summed E-state index contributed by atoms with van der Waals surface area (Å²) in [6.07, 6.45) is 1.12. The number of hydrogen-bond acceptors (Lipinski definition) is 4. The Kier molecular flexibility index (Phi) is 8.28. The molecule has 0 bridgehead atoms. The van der Waals surface area contributed by atoms with Crippen molar-refractivity contribution in [2.75, 3.05) is 13.2 Å². The third-order valence-electron chi connectivity index (χ3n) is 4.38. The predicted octanol–water partition coefficient (Wildman–Crippen LogP) is 4.20. The summed E-state index contributed by atoms with van der Waals surface area (Å²) < 4.78 is 59.2. The Hall–Kier alpha value is -2.32. The Morgan fingerprint density at radius 1 is 1.07 bits per heavy atom. The van der Waals surface area contributed by atoms with Gasteiger partial charge in [-0.25, -0.2) is 17.2 Å². The van der Waals surface area contributed by atoms with Crippen molar-refractivity contribution in [3.8, 4) is 0 Å². The van der Waals surface area contributed by atoms with Gasteiger partial charge in [0.05, 0.1) is 11.5 Å². The lowest BCUT2D eigenvalue weighted by atomic mass is 10.2. The van der Waals surface area contributed by atoms with Crippen LogP contribution in [-0.2, 0) is 26.1 Å². The number of unbranched alkanes of at least 4 members (excludes halogenated alkanes) is 1. The van der Waals surface area contributed by atoms with E-state index < -0.39 is 21.7 Å². The summed E-state index contributed by atoms with van der Waals surface area (Å²) in [5.41, 5.74) is 0.856. The minimum Gasteiger partial charge on any atom is -0.466 e. The number of ether oxygens (including phenoxy) is 1. The number of carbonyl (C=O) groups is 1. The van der Waals surface area contributed by atoms with Gasteiger partial charge in [-0.1, -0.05) is 12.1 Å². The number of esters is 1. The van der Waals surface area contributed by atoms with E-state index in [1.807, 2.05) is 0 Å². The van der Waals surface area contributed by atoms with E-state index in [0.29, 0.717) is 25.0 Å². The zero-order valence-corrected chi connectivity index (χ0v) is 17.3. The summed E-state index contributed by atoms with van der Waals surface area (Å²) in [6, 6.07) is 9.22. The molecule has 0 atom stereocenters. The van der Waals surface area contributed by atoms with Crippen LogP contribution >= 0.6 is 0 Å². The molecule has 0 aliphatic carbocycles. The molecule has 0 heterocycles. The fourth-order valence-electron chi connectivity index (χ4n) is 2.80. The highest BCUT2D eigenvalue weighted by molar-refractivity contribution is 7.89. The number of benzene rings is 2. The van der Waals surface area contributed by atoms with Crippen LogP contribution in [0.3, 0.4) is 0 Å². The molecule has 0 fully saturated rings. The summed E-state index contributed by atoms with van der Waals surface area (Å²) in [6.45, 7) is 3.72. The summed E-state index contributed by atoms with van der Waals surface area (Å²) in [5.74, 6) is -1.22. The lowest BCUT2D eigenvalue weighted by molar-refractivity contribution is -0.143. The van der Waals surface area contributed by atoms with E-state index in [4.69, 9.17) is 4.74 Å². The molecular formula is C21H25F2NO4S. The Bertz CT molecular complexity index is 930. The highest BCUT2D eigenvalue weighted by atomic mass is 32.2. The summed E-state index contributed by atoms with van der Waals surface area (Å²) in [7, 11) is -3.90. The average Bonchev–Trinajstić information content (AvgIpc) is 2.68. The van der Waals surface area contributed by atoms with Gasteiger partial charge >= 0.3 is 5.97 Å². The molecule has 0 aliphatic heterocycles. The van der Waals surface area contributed by atoms with Crippen LogP contribution in [0.1, 0.15) is 37.3 Å². The van der Waals surface area contributed by atoms with E-state index in [-0.39, 0.29) is 35.9 Å². The van der Waals surface area contributed by atoms with E-state index >= 15 is 0 Å². The average molecular weight is 425 g/mol. The van der Waals surface area contributed by atoms with Crippen molar-refractivity contribution in [2.24, 2.45) is 0 Å². The van der Waals surface area contributed by atoms with Crippen molar-refractivity contribution in [3.05, 3.63) is 65.2 Å². The number of halogens is 2. The van der Waals surface area contributed by atoms with Gasteiger partial charge in [0, 0.05) is 19.5 Å². The Labute approximate surface area is 170 Å². The number of hydrogen-bond donors (Lipinski definition) is 0. The van der Waals surface area contributed by atoms with E-state index in [9.17, 15) is 22.0 Å². The van der Waals surface area contributed by atoms with Crippen LogP contribution in [0.25, 0.3) is 0 Å². The van der Waals surface area contributed by atoms with Gasteiger partial charge in [-0.05, 0) is 68.1 Å². The van der Waals surface area contributed by atoms with E-state index in [1.165, 1.54) is 47.6 Å². The quantitative estimate of drug-likeness (QED) is 0.423. The second-order valence-corrected chi connectivity index (χ2v) is 8.58. The highest BCUT2D eigenvalue weighted by Crippen LogP contribution is 2.22. The highest BCUT2D eigenvalue weighted by Gasteiger charge is 2.25. The minimum atomic E-state index is -3.90. The van der Waals surface area contributed by atoms with Gasteiger partial charge < -0.3 is 4.74 Å². The standard InChI is InChI=1S/C21H25F2NO4S/c1-3-28-21(25)6-4-5-13-24(15-17-7-9-18(22)10-8-17)29(26,27)19-11-12-20(23)16(2)14-19/h7-12,14H,3-6,13,15H2,1-2H3. The predicted molar refractivity (Wildman–Crippen MR) is 106 cm³/mol. The van der Waals surface area contributed by atoms with Gasteiger partial charge in [0.2, 0.25) is 10.0 Å². The van der Waals surface area contributed by atoms with Gasteiger partial charge in [0.1, 0.15) is 11.6 Å². The summed E-state index contributed by atoms with van der Waals surface area (Å²) >= 11 is 0. The van der Waals surface area contributed by atoms with E-state index in [2.05, 4.69) is 0 Å². The third kappa shape index (κ3) is 6.61. The van der Waals surface area contributed by atoms with Crippen LogP contribution in [-0.4, -0.2) is 31.8 Å². The molecule has 0 amide bonds. The van der Waals surface area contributed by atoms with Crippen molar-refractivity contribution in [1.29, 1.82) is 0 Å². The fourth-order valence-corrected chi connectivity index (χ4v) is 4.35. The van der Waals surface area contributed by atoms with Crippen molar-refractivity contribution >= 4 is 16.0 Å². The molecule has 2 aromatic rings. The van der Waals surface area contributed by atoms with Crippen LogP contribution in [0, 0.1) is 18.6 Å². The SMILES string of the molecule is CCOC(=O)CCCCN(Cc1ccc(F)cc1)S(=O)(=O)c1ccc(F)c(C)c1. The molecule has 0 aliphatic rings. The monoisotopic (exact) mass is 425 g/mol. The Balaban J connectivity index is 2.19. The van der Waals surface area contributed by atoms with Gasteiger partial charge in [0.15, 0.2) is 0 Å². The minimum absolute atomic E-state index is 0.0103. The van der Waals surface area contributed by atoms with Crippen LogP contribution in [0.15, 0.2) is 47.4 Å². The molecule has 8 heteroatoms. The molecule has 29 heavy (non-hydrogen) atoms. The number of sulfonamides is 1. The summed E-state index contributed by atoms with van der Waals surface area (Å²) in [5, 5.41) is 0. The molecule has 0 saturated heterocycles. The maximum Gasteiger partial charge on any atom is 0.305 e. The number of rotatable bonds is 10. The zero-order valence-electron chi connectivity index (χ0n) is 16.5. The molecule has 0 aromatic heterocycles. The van der Waals surface area contributed by atoms with Crippen molar-refractivity contribution in [1.82, 2.24) is 4.31 Å². The summed E-state index contributed by atoms with van der Waals surface area (Å²) in [4.78, 5) is 11.5. The first-order valence-electron chi connectivity index (χ1n) is 9.40. The number of carbonyl (C=O) groups excluding carboxylic acids is 1. The van der Waals surface area contributed by atoms with Crippen LogP contribution in [0.5, 0.6) is 0 Å². The lowest BCUT2D eigenvalue weighted by Crippen LogP contribution is -2.32. The van der Waals surface area contributed by atoms with Crippen LogP contribution in [0.4, 0.5) is 8.78 Å². The van der Waals surface area contributed by atoms with Gasteiger partial charge in [-0.15, -0.1) is 0 Å². The van der Waals surface area contributed by atoms with Gasteiger partial charge in [0.25, 0.3) is 0 Å². The first-order chi connectivity index (χ1) is 13.7. The molecule has 158 valence electrons. The largest absolute Gasteiger partial charge is 0.466 e. The molecule has 0 N–H and O–H groups in total. The maximum atomic E-state index is 13.6. The number of aryl methyl sites for hydroxylation is 1. The second kappa shape index (κ2) is 10.5. The normalized spacial score (nSPS) is 11.6. The molecule has 0 unspecified atom stereocenters. The van der Waals surface area contributed by atoms with Gasteiger partial charge in [-0.2, -0.15) is 4.31 Å².